The van der Waals surface area contributed by atoms with E-state index in [0.717, 1.165) is 38.5 Å². The number of carboxylic acid groups (broad SMARTS) is 1. The van der Waals surface area contributed by atoms with Crippen molar-refractivity contribution in [2.75, 3.05) is 5.32 Å². The molecular weight excluding hydrogens is 450 g/mol. The summed E-state index contributed by atoms with van der Waals surface area (Å²) in [4.78, 5) is 38.9. The number of carbonyl (C=O) groups excluding carboxylic acids is 1. The molecule has 0 aliphatic heterocycles. The van der Waals surface area contributed by atoms with Crippen LogP contribution in [0.15, 0.2) is 71.1 Å². The Labute approximate surface area is 190 Å². The fourth-order valence-corrected chi connectivity index (χ4v) is 5.05. The summed E-state index contributed by atoms with van der Waals surface area (Å²) in [5.74, 6) is -1.29. The highest BCUT2D eigenvalue weighted by Gasteiger charge is 2.21. The average Bonchev–Trinajstić information content (AvgIpc) is 3.20. The molecule has 0 saturated carbocycles. The highest BCUT2D eigenvalue weighted by atomic mass is 32.2. The van der Waals surface area contributed by atoms with Gasteiger partial charge in [-0.1, -0.05) is 42.1 Å². The van der Waals surface area contributed by atoms with Gasteiger partial charge >= 0.3 is 5.97 Å². The molecule has 1 amide bonds. The fraction of sp³-hybridized carbons (Fsp3) is 0.0455. The SMILES string of the molecule is O=C(O)c1cc([N+](=O)[O-])ccc1C(=O)Nc1ccc2nc(SCc3ccccc3)sc2c1. The number of rotatable bonds is 7. The van der Waals surface area contributed by atoms with E-state index in [9.17, 15) is 24.8 Å². The number of nitrogens with zero attached hydrogens (tertiary/aromatic N) is 2. The number of benzene rings is 3. The predicted octanol–water partition coefficient (Wildman–Crippen LogP) is 5.45. The third-order valence-electron chi connectivity index (χ3n) is 4.52. The van der Waals surface area contributed by atoms with Crippen LogP contribution in [0.5, 0.6) is 0 Å². The third kappa shape index (κ3) is 4.76. The van der Waals surface area contributed by atoms with Crippen LogP contribution < -0.4 is 5.32 Å². The van der Waals surface area contributed by atoms with Crippen molar-refractivity contribution >= 4 is 56.6 Å². The van der Waals surface area contributed by atoms with E-state index in [1.165, 1.54) is 16.9 Å². The van der Waals surface area contributed by atoms with Crippen molar-refractivity contribution in [3.05, 3.63) is 93.5 Å². The Bertz CT molecular complexity index is 1340. The van der Waals surface area contributed by atoms with Gasteiger partial charge in [0.2, 0.25) is 0 Å². The summed E-state index contributed by atoms with van der Waals surface area (Å²) in [5.41, 5.74) is 1.47. The summed E-state index contributed by atoms with van der Waals surface area (Å²) in [7, 11) is 0. The summed E-state index contributed by atoms with van der Waals surface area (Å²) in [6.45, 7) is 0. The van der Waals surface area contributed by atoms with E-state index >= 15 is 0 Å². The highest BCUT2D eigenvalue weighted by Crippen LogP contribution is 2.33. The molecule has 1 heterocycles. The lowest BCUT2D eigenvalue weighted by Gasteiger charge is -2.08. The van der Waals surface area contributed by atoms with Crippen molar-refractivity contribution in [1.82, 2.24) is 4.98 Å². The normalized spacial score (nSPS) is 10.8. The van der Waals surface area contributed by atoms with Crippen molar-refractivity contribution in [1.29, 1.82) is 0 Å². The molecule has 0 bridgehead atoms. The molecule has 0 fully saturated rings. The Hall–Kier alpha value is -3.76. The highest BCUT2D eigenvalue weighted by molar-refractivity contribution is 8.00. The number of non-ortho nitro benzene ring substituents is 1. The Morgan fingerprint density at radius 3 is 2.56 bits per heavy atom. The monoisotopic (exact) mass is 465 g/mol. The van der Waals surface area contributed by atoms with Crippen LogP contribution >= 0.6 is 23.1 Å². The van der Waals surface area contributed by atoms with Crippen LogP contribution in [0, 0.1) is 10.1 Å². The molecule has 0 aliphatic carbocycles. The molecule has 32 heavy (non-hydrogen) atoms. The number of nitro groups is 1. The van der Waals surface area contributed by atoms with Crippen molar-refractivity contribution < 1.29 is 19.6 Å². The first kappa shape index (κ1) is 21.5. The molecule has 0 atom stereocenters. The molecule has 0 aliphatic rings. The lowest BCUT2D eigenvalue weighted by molar-refractivity contribution is -0.384. The number of thiazole rings is 1. The molecule has 160 valence electrons. The molecule has 4 rings (SSSR count). The first-order valence-corrected chi connectivity index (χ1v) is 11.1. The second-order valence-electron chi connectivity index (χ2n) is 6.68. The Balaban J connectivity index is 1.52. The fourth-order valence-electron chi connectivity index (χ4n) is 2.98. The van der Waals surface area contributed by atoms with Gasteiger partial charge in [-0.05, 0) is 29.8 Å². The van der Waals surface area contributed by atoms with Crippen LogP contribution in [-0.2, 0) is 5.75 Å². The lowest BCUT2D eigenvalue weighted by atomic mass is 10.1. The van der Waals surface area contributed by atoms with E-state index in [0.29, 0.717) is 5.69 Å². The van der Waals surface area contributed by atoms with Crippen molar-refractivity contribution in [3.8, 4) is 0 Å². The molecule has 0 saturated heterocycles. The van der Waals surface area contributed by atoms with Gasteiger partial charge in [0, 0.05) is 23.6 Å². The third-order valence-corrected chi connectivity index (χ3v) is 6.75. The number of aromatic nitrogens is 1. The minimum Gasteiger partial charge on any atom is -0.478 e. The van der Waals surface area contributed by atoms with Gasteiger partial charge in [0.1, 0.15) is 0 Å². The van der Waals surface area contributed by atoms with Gasteiger partial charge in [-0.2, -0.15) is 0 Å². The maximum Gasteiger partial charge on any atom is 0.336 e. The Morgan fingerprint density at radius 1 is 1.06 bits per heavy atom. The first-order valence-electron chi connectivity index (χ1n) is 9.31. The van der Waals surface area contributed by atoms with Gasteiger partial charge in [-0.25, -0.2) is 9.78 Å². The minimum atomic E-state index is -1.42. The maximum absolute atomic E-state index is 12.7. The van der Waals surface area contributed by atoms with Gasteiger partial charge in [-0.3, -0.25) is 14.9 Å². The number of hydrogen-bond acceptors (Lipinski definition) is 7. The van der Waals surface area contributed by atoms with Crippen LogP contribution in [0.1, 0.15) is 26.3 Å². The summed E-state index contributed by atoms with van der Waals surface area (Å²) >= 11 is 3.12. The van der Waals surface area contributed by atoms with E-state index in [1.54, 1.807) is 30.0 Å². The summed E-state index contributed by atoms with van der Waals surface area (Å²) in [5, 5.41) is 22.9. The van der Waals surface area contributed by atoms with Gasteiger partial charge < -0.3 is 10.4 Å². The average molecular weight is 466 g/mol. The predicted molar refractivity (Wildman–Crippen MR) is 124 cm³/mol. The van der Waals surface area contributed by atoms with Crippen LogP contribution in [0.2, 0.25) is 0 Å². The number of thioether (sulfide) groups is 1. The van der Waals surface area contributed by atoms with Crippen molar-refractivity contribution in [2.24, 2.45) is 0 Å². The van der Waals surface area contributed by atoms with E-state index in [2.05, 4.69) is 22.4 Å². The number of fused-ring (bicyclic) bond motifs is 1. The number of carboxylic acids is 1. The van der Waals surface area contributed by atoms with Crippen LogP contribution in [0.3, 0.4) is 0 Å². The van der Waals surface area contributed by atoms with Crippen molar-refractivity contribution in [2.45, 2.75) is 10.1 Å². The minimum absolute atomic E-state index is 0.161. The number of anilines is 1. The summed E-state index contributed by atoms with van der Waals surface area (Å²) in [6.07, 6.45) is 0. The van der Waals surface area contributed by atoms with E-state index < -0.39 is 28.1 Å². The number of nitro benzene ring substituents is 1. The summed E-state index contributed by atoms with van der Waals surface area (Å²) in [6, 6.07) is 18.4. The molecule has 0 unspecified atom stereocenters. The first-order chi connectivity index (χ1) is 15.4. The molecule has 2 N–H and O–H groups in total. The second-order valence-corrected chi connectivity index (χ2v) is 8.94. The molecule has 0 radical (unpaired) electrons. The quantitative estimate of drug-likeness (QED) is 0.211. The van der Waals surface area contributed by atoms with Gasteiger partial charge in [0.25, 0.3) is 11.6 Å². The van der Waals surface area contributed by atoms with Crippen LogP contribution in [0.4, 0.5) is 11.4 Å². The zero-order chi connectivity index (χ0) is 22.7. The number of hydrogen-bond donors (Lipinski definition) is 2. The zero-order valence-corrected chi connectivity index (χ0v) is 18.0. The largest absolute Gasteiger partial charge is 0.478 e. The molecular formula is C22H15N3O5S2. The molecule has 0 spiro atoms. The number of nitrogens with one attached hydrogen (secondary N) is 1. The Morgan fingerprint density at radius 2 is 1.84 bits per heavy atom. The number of carbonyl (C=O) groups is 2. The van der Waals surface area contributed by atoms with Crippen LogP contribution in [0.25, 0.3) is 10.2 Å². The number of aromatic carboxylic acids is 1. The summed E-state index contributed by atoms with van der Waals surface area (Å²) < 4.78 is 1.77. The number of amides is 1. The van der Waals surface area contributed by atoms with E-state index in [4.69, 9.17) is 0 Å². The second kappa shape index (κ2) is 9.16. The van der Waals surface area contributed by atoms with Gasteiger partial charge in [0.05, 0.1) is 26.3 Å². The smallest absolute Gasteiger partial charge is 0.336 e. The van der Waals surface area contributed by atoms with E-state index in [1.807, 2.05) is 18.2 Å². The van der Waals surface area contributed by atoms with E-state index in [-0.39, 0.29) is 5.56 Å². The van der Waals surface area contributed by atoms with Gasteiger partial charge in [-0.15, -0.1) is 11.3 Å². The van der Waals surface area contributed by atoms with Crippen LogP contribution in [-0.4, -0.2) is 26.9 Å². The lowest BCUT2D eigenvalue weighted by Crippen LogP contribution is -2.16. The molecule has 10 heteroatoms. The molecule has 8 nitrogen and oxygen atoms in total. The topological polar surface area (TPSA) is 122 Å². The van der Waals surface area contributed by atoms with Crippen molar-refractivity contribution in [3.63, 3.8) is 0 Å². The Kier molecular flexibility index (Phi) is 6.15. The molecule has 3 aromatic carbocycles. The molecule has 1 aromatic heterocycles. The maximum atomic E-state index is 12.7. The standard InChI is InChI=1S/C22H15N3O5S2/c26-20(16-8-7-15(25(29)30)11-17(16)21(27)28)23-14-6-9-18-19(10-14)32-22(24-18)31-12-13-4-2-1-3-5-13/h1-11H,12H2,(H,23,26)(H,27,28). The zero-order valence-electron chi connectivity index (χ0n) is 16.3. The van der Waals surface area contributed by atoms with Gasteiger partial charge in [0.15, 0.2) is 4.34 Å². The molecule has 4 aromatic rings.